The van der Waals surface area contributed by atoms with Crippen LogP contribution >= 0.6 is 0 Å². The summed E-state index contributed by atoms with van der Waals surface area (Å²) in [7, 11) is 0. The van der Waals surface area contributed by atoms with Gasteiger partial charge in [0.2, 0.25) is 5.91 Å². The summed E-state index contributed by atoms with van der Waals surface area (Å²) < 4.78 is 10.5. The Kier molecular flexibility index (Phi) is 4.74. The second-order valence-electron chi connectivity index (χ2n) is 6.18. The molecule has 132 valence electrons. The molecule has 2 aromatic rings. The third-order valence-electron chi connectivity index (χ3n) is 4.30. The zero-order valence-electron chi connectivity index (χ0n) is 14.5. The van der Waals surface area contributed by atoms with Gasteiger partial charge in [-0.1, -0.05) is 11.2 Å². The Labute approximate surface area is 145 Å². The van der Waals surface area contributed by atoms with Crippen LogP contribution in [-0.2, 0) is 16.0 Å². The maximum atomic E-state index is 12.2. The quantitative estimate of drug-likeness (QED) is 0.870. The first kappa shape index (κ1) is 17.0. The molecule has 1 aliphatic rings. The van der Waals surface area contributed by atoms with Crippen LogP contribution in [0.4, 0.5) is 5.69 Å². The Morgan fingerprint density at radius 1 is 1.40 bits per heavy atom. The summed E-state index contributed by atoms with van der Waals surface area (Å²) in [4.78, 5) is 23.6. The average molecular weight is 343 g/mol. The topological polar surface area (TPSA) is 93.5 Å². The Morgan fingerprint density at radius 2 is 2.20 bits per heavy atom. The van der Waals surface area contributed by atoms with Crippen molar-refractivity contribution in [2.75, 3.05) is 11.9 Å². The number of carbonyl (C=O) groups excluding carboxylic acids is 2. The Balaban J connectivity index is 1.60. The maximum Gasteiger partial charge on any atom is 0.262 e. The second kappa shape index (κ2) is 6.96. The number of benzene rings is 1. The monoisotopic (exact) mass is 343 g/mol. The van der Waals surface area contributed by atoms with Crippen molar-refractivity contribution in [1.82, 2.24) is 10.5 Å². The van der Waals surface area contributed by atoms with Crippen molar-refractivity contribution in [2.45, 2.75) is 39.7 Å². The van der Waals surface area contributed by atoms with Crippen LogP contribution in [0.25, 0.3) is 0 Å². The van der Waals surface area contributed by atoms with E-state index in [4.69, 9.17) is 9.26 Å². The third-order valence-corrected chi connectivity index (χ3v) is 4.30. The van der Waals surface area contributed by atoms with Gasteiger partial charge in [0.1, 0.15) is 11.5 Å². The highest BCUT2D eigenvalue weighted by atomic mass is 16.5. The molecule has 0 unspecified atom stereocenters. The molecule has 0 saturated heterocycles. The van der Waals surface area contributed by atoms with E-state index < -0.39 is 0 Å². The zero-order valence-corrected chi connectivity index (χ0v) is 14.5. The Hall–Kier alpha value is -2.83. The standard InChI is InChI=1S/C18H21N3O4/c1-10(13-4-6-16-15(8-13)20-18(23)9-24-16)19-17(22)7-5-14-11(2)21-25-12(14)3/h4,6,8,10H,5,7,9H2,1-3H3,(H,19,22)(H,20,23)/t10-/m1/s1. The molecule has 0 saturated carbocycles. The number of hydrogen-bond acceptors (Lipinski definition) is 5. The van der Waals surface area contributed by atoms with Gasteiger partial charge in [0.15, 0.2) is 6.61 Å². The average Bonchev–Trinajstić information content (AvgIpc) is 2.90. The lowest BCUT2D eigenvalue weighted by atomic mass is 10.1. The number of aromatic nitrogens is 1. The number of carbonyl (C=O) groups is 2. The minimum absolute atomic E-state index is 0.0281. The number of amides is 2. The SMILES string of the molecule is Cc1noc(C)c1CCC(=O)N[C@H](C)c1ccc2c(c1)NC(=O)CO2. The van der Waals surface area contributed by atoms with Gasteiger partial charge in [-0.2, -0.15) is 0 Å². The van der Waals surface area contributed by atoms with Gasteiger partial charge in [0, 0.05) is 12.0 Å². The number of anilines is 1. The highest BCUT2D eigenvalue weighted by Gasteiger charge is 2.18. The first-order valence-electron chi connectivity index (χ1n) is 8.21. The van der Waals surface area contributed by atoms with Crippen LogP contribution in [0, 0.1) is 13.8 Å². The fourth-order valence-corrected chi connectivity index (χ4v) is 2.86. The molecule has 0 spiro atoms. The molecule has 2 N–H and O–H groups in total. The number of rotatable bonds is 5. The van der Waals surface area contributed by atoms with Crippen LogP contribution in [0.1, 0.15) is 42.0 Å². The van der Waals surface area contributed by atoms with Crippen LogP contribution < -0.4 is 15.4 Å². The van der Waals surface area contributed by atoms with Crippen molar-refractivity contribution in [1.29, 1.82) is 0 Å². The number of ether oxygens (including phenoxy) is 1. The molecule has 0 fully saturated rings. The van der Waals surface area contributed by atoms with Crippen molar-refractivity contribution >= 4 is 17.5 Å². The Bertz CT molecular complexity index is 793. The minimum atomic E-state index is -0.180. The molecular weight excluding hydrogens is 322 g/mol. The second-order valence-corrected chi connectivity index (χ2v) is 6.18. The summed E-state index contributed by atoms with van der Waals surface area (Å²) in [5.74, 6) is 1.16. The van der Waals surface area contributed by atoms with Crippen molar-refractivity contribution in [3.05, 3.63) is 40.8 Å². The zero-order chi connectivity index (χ0) is 18.0. The maximum absolute atomic E-state index is 12.2. The van der Waals surface area contributed by atoms with Gasteiger partial charge < -0.3 is 19.9 Å². The summed E-state index contributed by atoms with van der Waals surface area (Å²) in [5.41, 5.74) is 3.33. The van der Waals surface area contributed by atoms with Gasteiger partial charge in [-0.15, -0.1) is 0 Å². The molecule has 7 nitrogen and oxygen atoms in total. The van der Waals surface area contributed by atoms with Gasteiger partial charge in [-0.05, 0) is 44.9 Å². The lowest BCUT2D eigenvalue weighted by Gasteiger charge is -2.21. The summed E-state index contributed by atoms with van der Waals surface area (Å²) in [6.45, 7) is 5.65. The smallest absolute Gasteiger partial charge is 0.262 e. The van der Waals surface area contributed by atoms with Gasteiger partial charge >= 0.3 is 0 Å². The van der Waals surface area contributed by atoms with Crippen LogP contribution in [0.2, 0.25) is 0 Å². The molecule has 0 aliphatic carbocycles. The van der Waals surface area contributed by atoms with E-state index in [1.165, 1.54) is 0 Å². The molecule has 0 bridgehead atoms. The van der Waals surface area contributed by atoms with Crippen molar-refractivity contribution in [3.63, 3.8) is 0 Å². The number of fused-ring (bicyclic) bond motifs is 1. The van der Waals surface area contributed by atoms with E-state index in [9.17, 15) is 9.59 Å². The normalized spacial score (nSPS) is 14.3. The third kappa shape index (κ3) is 3.81. The van der Waals surface area contributed by atoms with Gasteiger partial charge in [0.05, 0.1) is 17.4 Å². The predicted molar refractivity (Wildman–Crippen MR) is 91.4 cm³/mol. The van der Waals surface area contributed by atoms with E-state index in [-0.39, 0.29) is 24.5 Å². The highest BCUT2D eigenvalue weighted by Crippen LogP contribution is 2.30. The largest absolute Gasteiger partial charge is 0.482 e. The Morgan fingerprint density at radius 3 is 2.92 bits per heavy atom. The fourth-order valence-electron chi connectivity index (χ4n) is 2.86. The molecule has 25 heavy (non-hydrogen) atoms. The van der Waals surface area contributed by atoms with Crippen molar-refractivity contribution in [2.24, 2.45) is 0 Å². The van der Waals surface area contributed by atoms with E-state index >= 15 is 0 Å². The molecule has 2 heterocycles. The lowest BCUT2D eigenvalue weighted by molar-refractivity contribution is -0.121. The summed E-state index contributed by atoms with van der Waals surface area (Å²) in [6.07, 6.45) is 0.950. The first-order valence-corrected chi connectivity index (χ1v) is 8.21. The van der Waals surface area contributed by atoms with E-state index in [0.717, 1.165) is 22.6 Å². The molecule has 1 aliphatic heterocycles. The van der Waals surface area contributed by atoms with Crippen LogP contribution in [-0.4, -0.2) is 23.6 Å². The molecule has 1 aromatic heterocycles. The van der Waals surface area contributed by atoms with Crippen LogP contribution in [0.5, 0.6) is 5.75 Å². The molecule has 2 amide bonds. The highest BCUT2D eigenvalue weighted by molar-refractivity contribution is 5.95. The molecule has 0 radical (unpaired) electrons. The fraction of sp³-hybridized carbons (Fsp3) is 0.389. The summed E-state index contributed by atoms with van der Waals surface area (Å²) in [5, 5.41) is 9.64. The van der Waals surface area contributed by atoms with E-state index in [1.807, 2.05) is 32.9 Å². The van der Waals surface area contributed by atoms with E-state index in [0.29, 0.717) is 24.3 Å². The van der Waals surface area contributed by atoms with Gasteiger partial charge in [0.25, 0.3) is 5.91 Å². The number of nitrogens with one attached hydrogen (secondary N) is 2. The lowest BCUT2D eigenvalue weighted by Crippen LogP contribution is -2.28. The van der Waals surface area contributed by atoms with Crippen LogP contribution in [0.15, 0.2) is 22.7 Å². The number of nitrogens with zero attached hydrogens (tertiary/aromatic N) is 1. The predicted octanol–water partition coefficient (Wildman–Crippen LogP) is 2.43. The molecule has 1 atom stereocenters. The molecule has 1 aromatic carbocycles. The van der Waals surface area contributed by atoms with Crippen molar-refractivity contribution < 1.29 is 18.8 Å². The molecule has 3 rings (SSSR count). The van der Waals surface area contributed by atoms with Gasteiger partial charge in [-0.25, -0.2) is 0 Å². The summed E-state index contributed by atoms with van der Waals surface area (Å²) in [6, 6.07) is 5.33. The van der Waals surface area contributed by atoms with E-state index in [2.05, 4.69) is 15.8 Å². The van der Waals surface area contributed by atoms with Crippen molar-refractivity contribution in [3.8, 4) is 5.75 Å². The molecular formula is C18H21N3O4. The van der Waals surface area contributed by atoms with E-state index in [1.54, 1.807) is 6.07 Å². The number of aryl methyl sites for hydroxylation is 2. The van der Waals surface area contributed by atoms with Gasteiger partial charge in [-0.3, -0.25) is 9.59 Å². The number of hydrogen-bond donors (Lipinski definition) is 2. The molecule has 7 heteroatoms. The minimum Gasteiger partial charge on any atom is -0.482 e. The van der Waals surface area contributed by atoms with Crippen LogP contribution in [0.3, 0.4) is 0 Å². The first-order chi connectivity index (χ1) is 11.9. The summed E-state index contributed by atoms with van der Waals surface area (Å²) >= 11 is 0.